The van der Waals surface area contributed by atoms with Gasteiger partial charge in [-0.05, 0) is 17.9 Å². The number of ketones is 1. The van der Waals surface area contributed by atoms with Gasteiger partial charge in [-0.25, -0.2) is 0 Å². The van der Waals surface area contributed by atoms with Gasteiger partial charge in [0.15, 0.2) is 5.78 Å². The van der Waals surface area contributed by atoms with Crippen LogP contribution in [0, 0.1) is 0 Å². The van der Waals surface area contributed by atoms with Gasteiger partial charge in [0.1, 0.15) is 0 Å². The van der Waals surface area contributed by atoms with Crippen molar-refractivity contribution in [1.82, 2.24) is 9.78 Å². The van der Waals surface area contributed by atoms with Crippen LogP contribution in [0.15, 0.2) is 41.6 Å². The van der Waals surface area contributed by atoms with Gasteiger partial charge in [0.2, 0.25) is 0 Å². The summed E-state index contributed by atoms with van der Waals surface area (Å²) >= 11 is 1.60. The highest BCUT2D eigenvalue weighted by Crippen LogP contribution is 2.21. The third-order valence-electron chi connectivity index (χ3n) is 2.53. The fourth-order valence-electron chi connectivity index (χ4n) is 1.72. The summed E-state index contributed by atoms with van der Waals surface area (Å²) < 4.78 is 1.71. The molecule has 0 saturated carbocycles. The van der Waals surface area contributed by atoms with E-state index in [0.717, 1.165) is 16.0 Å². The summed E-state index contributed by atoms with van der Waals surface area (Å²) in [6.07, 6.45) is 6.00. The third kappa shape index (κ3) is 2.77. The number of carbonyl (C=O) groups excluding carboxylic acids is 1. The van der Waals surface area contributed by atoms with Crippen molar-refractivity contribution < 1.29 is 4.79 Å². The van der Waals surface area contributed by atoms with E-state index in [9.17, 15) is 4.79 Å². The maximum atomic E-state index is 12.2. The zero-order chi connectivity index (χ0) is 12.3. The summed E-state index contributed by atoms with van der Waals surface area (Å²) in [7, 11) is 1.85. The fourth-order valence-corrected chi connectivity index (χ4v) is 2.34. The second kappa shape index (κ2) is 5.19. The minimum absolute atomic E-state index is 0.142. The second-order valence-corrected chi connectivity index (χ2v) is 4.67. The van der Waals surface area contributed by atoms with E-state index in [-0.39, 0.29) is 5.78 Å². The van der Waals surface area contributed by atoms with Crippen LogP contribution in [0.5, 0.6) is 0 Å². The highest BCUT2D eigenvalue weighted by molar-refractivity contribution is 7.98. The van der Waals surface area contributed by atoms with Gasteiger partial charge < -0.3 is 0 Å². The highest BCUT2D eigenvalue weighted by Gasteiger charge is 2.11. The molecule has 4 heteroatoms. The van der Waals surface area contributed by atoms with Gasteiger partial charge in [-0.3, -0.25) is 9.48 Å². The van der Waals surface area contributed by atoms with Crippen LogP contribution in [0.4, 0.5) is 0 Å². The summed E-state index contributed by atoms with van der Waals surface area (Å²) in [6, 6.07) is 7.70. The van der Waals surface area contributed by atoms with E-state index in [2.05, 4.69) is 5.10 Å². The summed E-state index contributed by atoms with van der Waals surface area (Å²) in [4.78, 5) is 13.2. The molecule has 0 spiro atoms. The lowest BCUT2D eigenvalue weighted by atomic mass is 10.1. The van der Waals surface area contributed by atoms with Crippen LogP contribution in [-0.4, -0.2) is 21.8 Å². The Hall–Kier alpha value is -1.55. The Labute approximate surface area is 105 Å². The number of nitrogens with zero attached hydrogens (tertiary/aromatic N) is 2. The molecule has 2 aromatic rings. The van der Waals surface area contributed by atoms with Crippen LogP contribution < -0.4 is 0 Å². The second-order valence-electron chi connectivity index (χ2n) is 3.82. The number of aryl methyl sites for hydroxylation is 1. The van der Waals surface area contributed by atoms with E-state index in [4.69, 9.17) is 0 Å². The van der Waals surface area contributed by atoms with Gasteiger partial charge in [-0.2, -0.15) is 5.10 Å². The van der Waals surface area contributed by atoms with Crippen LogP contribution >= 0.6 is 11.8 Å². The van der Waals surface area contributed by atoms with Crippen LogP contribution in [0.1, 0.15) is 15.9 Å². The van der Waals surface area contributed by atoms with E-state index in [1.54, 1.807) is 22.6 Å². The molecule has 0 unspecified atom stereocenters. The molecule has 0 fully saturated rings. The Morgan fingerprint density at radius 3 is 2.82 bits per heavy atom. The van der Waals surface area contributed by atoms with Crippen molar-refractivity contribution in [3.05, 3.63) is 47.8 Å². The molecule has 88 valence electrons. The number of thioether (sulfide) groups is 1. The van der Waals surface area contributed by atoms with Crippen molar-refractivity contribution in [3.8, 4) is 0 Å². The fraction of sp³-hybridized carbons (Fsp3) is 0.231. The largest absolute Gasteiger partial charge is 0.294 e. The Morgan fingerprint density at radius 2 is 2.18 bits per heavy atom. The molecule has 0 N–H and O–H groups in total. The number of carbonyl (C=O) groups is 1. The molecule has 0 atom stereocenters. The first-order chi connectivity index (χ1) is 8.20. The van der Waals surface area contributed by atoms with E-state index in [0.29, 0.717) is 6.42 Å². The van der Waals surface area contributed by atoms with E-state index in [1.165, 1.54) is 0 Å². The van der Waals surface area contributed by atoms with Crippen LogP contribution in [-0.2, 0) is 13.5 Å². The molecule has 1 heterocycles. The number of hydrogen-bond donors (Lipinski definition) is 0. The highest BCUT2D eigenvalue weighted by atomic mass is 32.2. The van der Waals surface area contributed by atoms with Crippen LogP contribution in [0.3, 0.4) is 0 Å². The van der Waals surface area contributed by atoms with Gasteiger partial charge in [0.25, 0.3) is 0 Å². The summed E-state index contributed by atoms with van der Waals surface area (Å²) in [5, 5.41) is 4.07. The van der Waals surface area contributed by atoms with Gasteiger partial charge >= 0.3 is 0 Å². The molecular formula is C13H14N2OS. The molecule has 0 aliphatic rings. The number of benzene rings is 1. The molecule has 2 rings (SSSR count). The lowest BCUT2D eigenvalue weighted by Crippen LogP contribution is -2.04. The van der Waals surface area contributed by atoms with Crippen LogP contribution in [0.2, 0.25) is 0 Å². The standard InChI is InChI=1S/C13H14N2OS/c1-15-9-10(8-14-15)7-12(16)11-5-3-4-6-13(11)17-2/h3-6,8-9H,7H2,1-2H3. The molecule has 1 aromatic carbocycles. The predicted molar refractivity (Wildman–Crippen MR) is 69.5 cm³/mol. The number of Topliss-reactive ketones (excluding diaryl/α,β-unsaturated/α-hetero) is 1. The molecule has 17 heavy (non-hydrogen) atoms. The molecule has 0 radical (unpaired) electrons. The number of hydrogen-bond acceptors (Lipinski definition) is 3. The average molecular weight is 246 g/mol. The first kappa shape index (κ1) is 11.9. The predicted octanol–water partition coefficient (Wildman–Crippen LogP) is 2.57. The smallest absolute Gasteiger partial charge is 0.168 e. The van der Waals surface area contributed by atoms with Crippen molar-refractivity contribution in [2.24, 2.45) is 7.05 Å². The maximum absolute atomic E-state index is 12.2. The van der Waals surface area contributed by atoms with Crippen molar-refractivity contribution >= 4 is 17.5 Å². The molecule has 0 amide bonds. The molecule has 1 aromatic heterocycles. The summed E-state index contributed by atoms with van der Waals surface area (Å²) in [6.45, 7) is 0. The van der Waals surface area contributed by atoms with Gasteiger partial charge in [0.05, 0.1) is 6.20 Å². The first-order valence-corrected chi connectivity index (χ1v) is 6.57. The Balaban J connectivity index is 2.20. The molecule has 0 saturated heterocycles. The Kier molecular flexibility index (Phi) is 3.64. The third-order valence-corrected chi connectivity index (χ3v) is 3.33. The molecule has 0 aliphatic carbocycles. The topological polar surface area (TPSA) is 34.9 Å². The van der Waals surface area contributed by atoms with Gasteiger partial charge in [0, 0.05) is 30.1 Å². The van der Waals surface area contributed by atoms with Crippen molar-refractivity contribution in [3.63, 3.8) is 0 Å². The molecule has 0 bridgehead atoms. The van der Waals surface area contributed by atoms with Crippen molar-refractivity contribution in [2.75, 3.05) is 6.26 Å². The number of aromatic nitrogens is 2. The summed E-state index contributed by atoms with van der Waals surface area (Å²) in [5.41, 5.74) is 1.75. The lowest BCUT2D eigenvalue weighted by Gasteiger charge is -2.04. The zero-order valence-corrected chi connectivity index (χ0v) is 10.7. The zero-order valence-electron chi connectivity index (χ0n) is 9.88. The van der Waals surface area contributed by atoms with Crippen molar-refractivity contribution in [1.29, 1.82) is 0 Å². The molecular weight excluding hydrogens is 232 g/mol. The SMILES string of the molecule is CSc1ccccc1C(=O)Cc1cnn(C)c1. The van der Waals surface area contributed by atoms with E-state index in [1.807, 2.05) is 43.8 Å². The van der Waals surface area contributed by atoms with Gasteiger partial charge in [-0.15, -0.1) is 11.8 Å². The van der Waals surface area contributed by atoms with Crippen LogP contribution in [0.25, 0.3) is 0 Å². The Bertz CT molecular complexity index is 534. The van der Waals surface area contributed by atoms with Gasteiger partial charge in [-0.1, -0.05) is 18.2 Å². The number of rotatable bonds is 4. The minimum Gasteiger partial charge on any atom is -0.294 e. The normalized spacial score (nSPS) is 10.5. The monoisotopic (exact) mass is 246 g/mol. The molecule has 3 nitrogen and oxygen atoms in total. The molecule has 0 aliphatic heterocycles. The Morgan fingerprint density at radius 1 is 1.41 bits per heavy atom. The average Bonchev–Trinajstić information content (AvgIpc) is 2.74. The van der Waals surface area contributed by atoms with E-state index >= 15 is 0 Å². The quantitative estimate of drug-likeness (QED) is 0.614. The lowest BCUT2D eigenvalue weighted by molar-refractivity contribution is 0.0990. The summed E-state index contributed by atoms with van der Waals surface area (Å²) in [5.74, 6) is 0.142. The van der Waals surface area contributed by atoms with Crippen molar-refractivity contribution in [2.45, 2.75) is 11.3 Å². The first-order valence-electron chi connectivity index (χ1n) is 5.34. The maximum Gasteiger partial charge on any atom is 0.168 e. The minimum atomic E-state index is 0.142. The van der Waals surface area contributed by atoms with E-state index < -0.39 is 0 Å².